The van der Waals surface area contributed by atoms with Gasteiger partial charge >= 0.3 is 0 Å². The molecule has 0 aliphatic carbocycles. The molecule has 2 aromatic rings. The highest BCUT2D eigenvalue weighted by molar-refractivity contribution is 9.10. The van der Waals surface area contributed by atoms with E-state index in [4.69, 9.17) is 5.73 Å². The maximum absolute atomic E-state index is 5.46. The monoisotopic (exact) mass is 295 g/mol. The van der Waals surface area contributed by atoms with Gasteiger partial charge in [0.1, 0.15) is 5.82 Å². The summed E-state index contributed by atoms with van der Waals surface area (Å²) in [6, 6.07) is 6.13. The fraction of sp³-hybridized carbons (Fsp3) is 0.462. The summed E-state index contributed by atoms with van der Waals surface area (Å²) < 4.78 is 1.09. The highest BCUT2D eigenvalue weighted by atomic mass is 79.9. The van der Waals surface area contributed by atoms with Crippen molar-refractivity contribution in [2.45, 2.75) is 32.1 Å². The van der Waals surface area contributed by atoms with Crippen molar-refractivity contribution < 1.29 is 0 Å². The summed E-state index contributed by atoms with van der Waals surface area (Å²) in [5.74, 6) is 1.09. The average molecular weight is 296 g/mol. The van der Waals surface area contributed by atoms with E-state index in [1.165, 1.54) is 19.3 Å². The summed E-state index contributed by atoms with van der Waals surface area (Å²) in [4.78, 5) is 7.93. The number of hydrogen-bond acceptors (Lipinski definition) is 2. The number of imidazole rings is 1. The second-order valence-electron chi connectivity index (χ2n) is 4.30. The zero-order chi connectivity index (χ0) is 12.1. The lowest BCUT2D eigenvalue weighted by Gasteiger charge is -1.97. The molecule has 1 aromatic heterocycles. The molecule has 0 radical (unpaired) electrons. The number of benzene rings is 1. The van der Waals surface area contributed by atoms with Gasteiger partial charge in [0.05, 0.1) is 11.0 Å². The van der Waals surface area contributed by atoms with Crippen LogP contribution in [0.25, 0.3) is 11.0 Å². The van der Waals surface area contributed by atoms with Crippen LogP contribution in [0, 0.1) is 0 Å². The molecule has 2 rings (SSSR count). The Morgan fingerprint density at radius 3 is 2.82 bits per heavy atom. The summed E-state index contributed by atoms with van der Waals surface area (Å²) in [5.41, 5.74) is 7.62. The minimum atomic E-state index is 0.804. The van der Waals surface area contributed by atoms with Crippen LogP contribution in [0.15, 0.2) is 22.7 Å². The Morgan fingerprint density at radius 1 is 1.18 bits per heavy atom. The number of fused-ring (bicyclic) bond motifs is 1. The standard InChI is InChI=1S/C13H18BrN3/c14-10-6-7-11-12(9-10)17-13(16-11)5-3-1-2-4-8-15/h6-7,9H,1-5,8,15H2,(H,16,17). The summed E-state index contributed by atoms with van der Waals surface area (Å²) in [6.45, 7) is 0.804. The normalized spacial score (nSPS) is 11.2. The van der Waals surface area contributed by atoms with Crippen molar-refractivity contribution in [1.82, 2.24) is 9.97 Å². The van der Waals surface area contributed by atoms with E-state index < -0.39 is 0 Å². The molecule has 0 bridgehead atoms. The fourth-order valence-electron chi connectivity index (χ4n) is 1.94. The van der Waals surface area contributed by atoms with E-state index in [9.17, 15) is 0 Å². The lowest BCUT2D eigenvalue weighted by Crippen LogP contribution is -1.98. The minimum absolute atomic E-state index is 0.804. The molecular weight excluding hydrogens is 278 g/mol. The Kier molecular flexibility index (Phi) is 4.57. The van der Waals surface area contributed by atoms with Gasteiger partial charge in [0.15, 0.2) is 0 Å². The molecule has 0 aliphatic heterocycles. The number of H-pyrrole nitrogens is 1. The first-order chi connectivity index (χ1) is 8.29. The molecule has 0 saturated carbocycles. The van der Waals surface area contributed by atoms with Gasteiger partial charge in [0.25, 0.3) is 0 Å². The van der Waals surface area contributed by atoms with E-state index in [2.05, 4.69) is 32.0 Å². The van der Waals surface area contributed by atoms with Crippen molar-refractivity contribution in [2.75, 3.05) is 6.54 Å². The van der Waals surface area contributed by atoms with Gasteiger partial charge in [-0.2, -0.15) is 0 Å². The summed E-state index contributed by atoms with van der Waals surface area (Å²) in [5, 5.41) is 0. The van der Waals surface area contributed by atoms with Crippen molar-refractivity contribution in [1.29, 1.82) is 0 Å². The van der Waals surface area contributed by atoms with Crippen molar-refractivity contribution >= 4 is 27.0 Å². The van der Waals surface area contributed by atoms with Crippen LogP contribution in [0.1, 0.15) is 31.5 Å². The highest BCUT2D eigenvalue weighted by Gasteiger charge is 2.02. The van der Waals surface area contributed by atoms with Gasteiger partial charge < -0.3 is 10.7 Å². The van der Waals surface area contributed by atoms with Crippen molar-refractivity contribution in [3.63, 3.8) is 0 Å². The summed E-state index contributed by atoms with van der Waals surface area (Å²) >= 11 is 3.46. The largest absolute Gasteiger partial charge is 0.342 e. The van der Waals surface area contributed by atoms with E-state index in [0.717, 1.165) is 40.7 Å². The number of halogens is 1. The number of nitrogens with one attached hydrogen (secondary N) is 1. The molecule has 1 aromatic carbocycles. The second kappa shape index (κ2) is 6.17. The van der Waals surface area contributed by atoms with Crippen LogP contribution in [0.5, 0.6) is 0 Å². The topological polar surface area (TPSA) is 54.7 Å². The molecule has 3 N–H and O–H groups in total. The van der Waals surface area contributed by atoms with Crippen molar-refractivity contribution in [3.05, 3.63) is 28.5 Å². The molecule has 0 spiro atoms. The quantitative estimate of drug-likeness (QED) is 0.803. The molecular formula is C13H18BrN3. The van der Waals surface area contributed by atoms with Crippen LogP contribution in [0.4, 0.5) is 0 Å². The average Bonchev–Trinajstić information content (AvgIpc) is 2.70. The van der Waals surface area contributed by atoms with Gasteiger partial charge in [-0.15, -0.1) is 0 Å². The number of nitrogens with zero attached hydrogens (tertiary/aromatic N) is 1. The lowest BCUT2D eigenvalue weighted by atomic mass is 10.1. The Morgan fingerprint density at radius 2 is 2.00 bits per heavy atom. The van der Waals surface area contributed by atoms with Gasteiger partial charge in [-0.25, -0.2) is 4.98 Å². The first-order valence-corrected chi connectivity index (χ1v) is 6.93. The number of nitrogens with two attached hydrogens (primary N) is 1. The molecule has 0 amide bonds. The van der Waals surface area contributed by atoms with E-state index in [0.29, 0.717) is 0 Å². The number of aromatic amines is 1. The van der Waals surface area contributed by atoms with Gasteiger partial charge in [-0.1, -0.05) is 28.8 Å². The zero-order valence-corrected chi connectivity index (χ0v) is 11.5. The van der Waals surface area contributed by atoms with Crippen LogP contribution in [-0.2, 0) is 6.42 Å². The number of hydrogen-bond donors (Lipinski definition) is 2. The number of aryl methyl sites for hydroxylation is 1. The lowest BCUT2D eigenvalue weighted by molar-refractivity contribution is 0.638. The predicted molar refractivity (Wildman–Crippen MR) is 75.0 cm³/mol. The molecule has 0 fully saturated rings. The van der Waals surface area contributed by atoms with Gasteiger partial charge in [0.2, 0.25) is 0 Å². The van der Waals surface area contributed by atoms with Crippen molar-refractivity contribution in [3.8, 4) is 0 Å². The van der Waals surface area contributed by atoms with Crippen LogP contribution in [0.3, 0.4) is 0 Å². The third kappa shape index (κ3) is 3.54. The van der Waals surface area contributed by atoms with Crippen LogP contribution in [-0.4, -0.2) is 16.5 Å². The van der Waals surface area contributed by atoms with Crippen LogP contribution < -0.4 is 5.73 Å². The van der Waals surface area contributed by atoms with E-state index >= 15 is 0 Å². The molecule has 3 nitrogen and oxygen atoms in total. The highest BCUT2D eigenvalue weighted by Crippen LogP contribution is 2.18. The van der Waals surface area contributed by atoms with Gasteiger partial charge in [-0.05, 0) is 37.6 Å². The molecule has 1 heterocycles. The Hall–Kier alpha value is -0.870. The maximum atomic E-state index is 5.46. The van der Waals surface area contributed by atoms with E-state index in [1.807, 2.05) is 12.1 Å². The second-order valence-corrected chi connectivity index (χ2v) is 5.21. The molecule has 0 aliphatic rings. The molecule has 0 saturated heterocycles. The number of aromatic nitrogens is 2. The van der Waals surface area contributed by atoms with Gasteiger partial charge in [-0.3, -0.25) is 0 Å². The summed E-state index contributed by atoms with van der Waals surface area (Å²) in [6.07, 6.45) is 5.80. The molecule has 0 unspecified atom stereocenters. The summed E-state index contributed by atoms with van der Waals surface area (Å²) in [7, 11) is 0. The maximum Gasteiger partial charge on any atom is 0.107 e. The molecule has 4 heteroatoms. The van der Waals surface area contributed by atoms with Gasteiger partial charge in [0, 0.05) is 10.9 Å². The minimum Gasteiger partial charge on any atom is -0.342 e. The molecule has 0 atom stereocenters. The fourth-order valence-corrected chi connectivity index (χ4v) is 2.30. The van der Waals surface area contributed by atoms with Crippen LogP contribution >= 0.6 is 15.9 Å². The molecule has 17 heavy (non-hydrogen) atoms. The number of unbranched alkanes of at least 4 members (excludes halogenated alkanes) is 3. The Bertz CT molecular complexity index is 478. The van der Waals surface area contributed by atoms with E-state index in [-0.39, 0.29) is 0 Å². The first-order valence-electron chi connectivity index (χ1n) is 6.14. The molecule has 92 valence electrons. The predicted octanol–water partition coefficient (Wildman–Crippen LogP) is 3.39. The first kappa shape index (κ1) is 12.6. The smallest absolute Gasteiger partial charge is 0.107 e. The third-order valence-electron chi connectivity index (χ3n) is 2.86. The third-order valence-corrected chi connectivity index (χ3v) is 3.35. The van der Waals surface area contributed by atoms with E-state index in [1.54, 1.807) is 0 Å². The van der Waals surface area contributed by atoms with Crippen molar-refractivity contribution in [2.24, 2.45) is 5.73 Å². The number of rotatable bonds is 6. The Balaban J connectivity index is 1.91. The SMILES string of the molecule is NCCCCCCc1nc2ccc(Br)cc2[nH]1. The van der Waals surface area contributed by atoms with Crippen LogP contribution in [0.2, 0.25) is 0 Å². The Labute approximate surface area is 110 Å². The zero-order valence-electron chi connectivity index (χ0n) is 9.88.